The molecular formula is C30H42N2O8. The predicted molar refractivity (Wildman–Crippen MR) is 147 cm³/mol. The number of aliphatic hydroxyl groups excluding tert-OH is 3. The van der Waals surface area contributed by atoms with Crippen LogP contribution in [0.4, 0.5) is 0 Å². The molecule has 4 atom stereocenters. The number of ketones is 1. The van der Waals surface area contributed by atoms with E-state index in [0.717, 1.165) is 32.1 Å². The first kappa shape index (κ1) is 30.0. The van der Waals surface area contributed by atoms with Gasteiger partial charge in [-0.1, -0.05) is 19.3 Å². The zero-order valence-electron chi connectivity index (χ0n) is 23.4. The number of aliphatic hydroxyl groups is 3. The van der Waals surface area contributed by atoms with Crippen molar-refractivity contribution in [1.82, 2.24) is 10.2 Å². The fourth-order valence-electron chi connectivity index (χ4n) is 6.29. The minimum Gasteiger partial charge on any atom is -0.493 e. The molecule has 0 radical (unpaired) electrons. The van der Waals surface area contributed by atoms with Crippen LogP contribution in [-0.2, 0) is 21.0 Å². The molecule has 0 spiro atoms. The van der Waals surface area contributed by atoms with Gasteiger partial charge in [0.1, 0.15) is 18.0 Å². The first-order chi connectivity index (χ1) is 19.3. The number of methoxy groups -OCH3 is 1. The molecule has 2 amide bonds. The number of hydrogen-bond donors (Lipinski definition) is 4. The molecule has 10 heteroatoms. The largest absolute Gasteiger partial charge is 0.493 e. The Morgan fingerprint density at radius 3 is 2.52 bits per heavy atom. The van der Waals surface area contributed by atoms with Crippen molar-refractivity contribution in [3.63, 3.8) is 0 Å². The van der Waals surface area contributed by atoms with Crippen LogP contribution in [0.5, 0.6) is 11.5 Å². The van der Waals surface area contributed by atoms with Crippen LogP contribution in [0.25, 0.3) is 0 Å². The van der Waals surface area contributed by atoms with Gasteiger partial charge >= 0.3 is 0 Å². The van der Waals surface area contributed by atoms with Crippen LogP contribution in [0.1, 0.15) is 75.3 Å². The number of hydrogen-bond acceptors (Lipinski definition) is 8. The SMILES string of the molecule is COc1cc(CO)cc2c1O[C@@H]1[C@@H](O)[C@H](N(CC3CCCCC3)C(=O)CCCC(C)=O)C=C(C(=O)NCCO)[C@H]21. The Balaban J connectivity index is 1.74. The highest BCUT2D eigenvalue weighted by molar-refractivity contribution is 5.96. The first-order valence-electron chi connectivity index (χ1n) is 14.3. The highest BCUT2D eigenvalue weighted by Crippen LogP contribution is 2.51. The molecule has 1 aromatic rings. The van der Waals surface area contributed by atoms with Crippen LogP contribution >= 0.6 is 0 Å². The molecule has 4 rings (SSSR count). The van der Waals surface area contributed by atoms with E-state index in [4.69, 9.17) is 9.47 Å². The quantitative estimate of drug-likeness (QED) is 0.305. The molecule has 1 heterocycles. The van der Waals surface area contributed by atoms with E-state index in [9.17, 15) is 29.7 Å². The van der Waals surface area contributed by atoms with E-state index in [1.165, 1.54) is 14.0 Å². The van der Waals surface area contributed by atoms with Crippen LogP contribution < -0.4 is 14.8 Å². The third-order valence-corrected chi connectivity index (χ3v) is 8.27. The van der Waals surface area contributed by atoms with Crippen LogP contribution in [0.2, 0.25) is 0 Å². The summed E-state index contributed by atoms with van der Waals surface area (Å²) in [5, 5.41) is 33.6. The van der Waals surface area contributed by atoms with E-state index in [1.807, 2.05) is 0 Å². The van der Waals surface area contributed by atoms with E-state index >= 15 is 0 Å². The molecule has 40 heavy (non-hydrogen) atoms. The van der Waals surface area contributed by atoms with Crippen molar-refractivity contribution in [3.8, 4) is 11.5 Å². The number of Topliss-reactive ketones (excluding diaryl/α,β-unsaturated/α-hetero) is 1. The second kappa shape index (κ2) is 13.6. The highest BCUT2D eigenvalue weighted by atomic mass is 16.5. The van der Waals surface area contributed by atoms with Gasteiger partial charge in [0.05, 0.1) is 32.3 Å². The molecule has 3 aliphatic rings. The number of fused-ring (bicyclic) bond motifs is 3. The number of carbonyl (C=O) groups excluding carboxylic acids is 3. The first-order valence-corrected chi connectivity index (χ1v) is 14.3. The Kier molecular flexibility index (Phi) is 10.2. The van der Waals surface area contributed by atoms with E-state index in [2.05, 4.69) is 5.32 Å². The number of benzene rings is 1. The van der Waals surface area contributed by atoms with Crippen molar-refractivity contribution in [2.24, 2.45) is 5.92 Å². The number of ether oxygens (including phenoxy) is 2. The molecule has 0 bridgehead atoms. The number of carbonyl (C=O) groups is 3. The lowest BCUT2D eigenvalue weighted by Gasteiger charge is -2.42. The van der Waals surface area contributed by atoms with Gasteiger partial charge < -0.3 is 39.8 Å². The summed E-state index contributed by atoms with van der Waals surface area (Å²) < 4.78 is 11.8. The summed E-state index contributed by atoms with van der Waals surface area (Å²) in [5.74, 6) is -0.183. The maximum absolute atomic E-state index is 13.6. The summed E-state index contributed by atoms with van der Waals surface area (Å²) in [7, 11) is 1.48. The summed E-state index contributed by atoms with van der Waals surface area (Å²) in [6.07, 6.45) is 5.85. The zero-order chi connectivity index (χ0) is 28.8. The average Bonchev–Trinajstić information content (AvgIpc) is 3.35. The van der Waals surface area contributed by atoms with Gasteiger partial charge in [0.25, 0.3) is 0 Å². The van der Waals surface area contributed by atoms with Crippen molar-refractivity contribution >= 4 is 17.6 Å². The Morgan fingerprint density at radius 1 is 1.12 bits per heavy atom. The molecule has 4 N–H and O–H groups in total. The Morgan fingerprint density at radius 2 is 1.88 bits per heavy atom. The van der Waals surface area contributed by atoms with Gasteiger partial charge in [0, 0.05) is 37.1 Å². The summed E-state index contributed by atoms with van der Waals surface area (Å²) in [6, 6.07) is 2.58. The molecular weight excluding hydrogens is 516 g/mol. The maximum Gasteiger partial charge on any atom is 0.247 e. The lowest BCUT2D eigenvalue weighted by molar-refractivity contribution is -0.138. The van der Waals surface area contributed by atoms with Gasteiger partial charge in [-0.05, 0) is 55.9 Å². The van der Waals surface area contributed by atoms with Crippen LogP contribution in [0.15, 0.2) is 23.8 Å². The third kappa shape index (κ3) is 6.50. The maximum atomic E-state index is 13.6. The van der Waals surface area contributed by atoms with Gasteiger partial charge in [-0.3, -0.25) is 9.59 Å². The van der Waals surface area contributed by atoms with E-state index in [0.29, 0.717) is 47.6 Å². The Hall–Kier alpha value is -2.95. The van der Waals surface area contributed by atoms with Gasteiger partial charge in [0.15, 0.2) is 11.5 Å². The second-order valence-corrected chi connectivity index (χ2v) is 11.1. The Labute approximate surface area is 235 Å². The summed E-state index contributed by atoms with van der Waals surface area (Å²) in [4.78, 5) is 40.3. The predicted octanol–water partition coefficient (Wildman–Crippen LogP) is 1.98. The van der Waals surface area contributed by atoms with Crippen LogP contribution in [-0.4, -0.2) is 82.9 Å². The minimum atomic E-state index is -1.14. The molecule has 2 aliphatic carbocycles. The molecule has 1 aliphatic heterocycles. The van der Waals surface area contributed by atoms with Gasteiger partial charge in [-0.25, -0.2) is 0 Å². The fraction of sp³-hybridized carbons (Fsp3) is 0.633. The van der Waals surface area contributed by atoms with Crippen molar-refractivity contribution < 1.29 is 39.2 Å². The smallest absolute Gasteiger partial charge is 0.247 e. The van der Waals surface area contributed by atoms with E-state index < -0.39 is 30.1 Å². The van der Waals surface area contributed by atoms with E-state index in [-0.39, 0.29) is 43.8 Å². The number of amides is 2. The highest BCUT2D eigenvalue weighted by Gasteiger charge is 2.51. The second-order valence-electron chi connectivity index (χ2n) is 11.1. The van der Waals surface area contributed by atoms with Gasteiger partial charge in [-0.15, -0.1) is 0 Å². The molecule has 1 aromatic carbocycles. The average molecular weight is 559 g/mol. The van der Waals surface area contributed by atoms with Crippen molar-refractivity contribution in [3.05, 3.63) is 34.9 Å². The number of nitrogens with zero attached hydrogens (tertiary/aromatic N) is 1. The molecule has 1 fully saturated rings. The minimum absolute atomic E-state index is 0.0169. The standard InChI is InChI=1S/C30H42N2O8/c1-18(35)7-6-10-25(36)32(16-19-8-4-3-5-9-19)23-15-22(30(38)31-11-12-33)26-21-13-20(17-34)14-24(39-2)28(21)40-29(26)27(23)37/h13-15,19,23,26-27,29,33-34,37H,3-12,16-17H2,1-2H3,(H,31,38)/t23-,26+,27+,29+/m1/s1. The van der Waals surface area contributed by atoms with E-state index in [1.54, 1.807) is 23.1 Å². The molecule has 220 valence electrons. The topological polar surface area (TPSA) is 146 Å². The molecule has 1 saturated carbocycles. The van der Waals surface area contributed by atoms with Crippen molar-refractivity contribution in [1.29, 1.82) is 0 Å². The molecule has 0 aromatic heterocycles. The van der Waals surface area contributed by atoms with Crippen molar-refractivity contribution in [2.75, 3.05) is 26.8 Å². The summed E-state index contributed by atoms with van der Waals surface area (Å²) >= 11 is 0. The summed E-state index contributed by atoms with van der Waals surface area (Å²) in [6.45, 7) is 1.51. The zero-order valence-corrected chi connectivity index (χ0v) is 23.4. The summed E-state index contributed by atoms with van der Waals surface area (Å²) in [5.41, 5.74) is 1.52. The number of rotatable bonds is 12. The lowest BCUT2D eigenvalue weighted by atomic mass is 9.76. The van der Waals surface area contributed by atoms with Crippen LogP contribution in [0.3, 0.4) is 0 Å². The third-order valence-electron chi connectivity index (χ3n) is 8.27. The van der Waals surface area contributed by atoms with Gasteiger partial charge in [0.2, 0.25) is 11.8 Å². The molecule has 0 unspecified atom stereocenters. The molecule has 10 nitrogen and oxygen atoms in total. The lowest BCUT2D eigenvalue weighted by Crippen LogP contribution is -2.56. The molecule has 0 saturated heterocycles. The normalized spacial score (nSPS) is 23.9. The number of nitrogens with one attached hydrogen (secondary N) is 1. The van der Waals surface area contributed by atoms with Crippen LogP contribution in [0, 0.1) is 5.92 Å². The van der Waals surface area contributed by atoms with Crippen molar-refractivity contribution in [2.45, 2.75) is 89.1 Å². The van der Waals surface area contributed by atoms with Gasteiger partial charge in [-0.2, -0.15) is 0 Å². The monoisotopic (exact) mass is 558 g/mol. The Bertz CT molecular complexity index is 1110. The fourth-order valence-corrected chi connectivity index (χ4v) is 6.29.